The van der Waals surface area contributed by atoms with Gasteiger partial charge in [-0.3, -0.25) is 13.8 Å². The van der Waals surface area contributed by atoms with Crippen LogP contribution in [0.3, 0.4) is 0 Å². The summed E-state index contributed by atoms with van der Waals surface area (Å²) in [6.45, 7) is 5.64. The van der Waals surface area contributed by atoms with Crippen LogP contribution in [0.2, 0.25) is 0 Å². The summed E-state index contributed by atoms with van der Waals surface area (Å²) in [5.74, 6) is -0.316. The van der Waals surface area contributed by atoms with Gasteiger partial charge in [0.05, 0.1) is 34.4 Å². The van der Waals surface area contributed by atoms with Crippen molar-refractivity contribution in [3.63, 3.8) is 0 Å². The number of quaternary nitrogens is 1. The molecule has 0 aliphatic rings. The van der Waals surface area contributed by atoms with E-state index in [2.05, 4.69) is 38.2 Å². The molecule has 0 amide bonds. The van der Waals surface area contributed by atoms with E-state index in [9.17, 15) is 14.3 Å². The second-order valence-electron chi connectivity index (χ2n) is 17.8. The molecule has 344 valence electrons. The first-order chi connectivity index (χ1) is 28.1. The normalized spacial score (nSPS) is 13.8. The van der Waals surface area contributed by atoms with Crippen molar-refractivity contribution in [1.29, 1.82) is 0 Å². The molecule has 9 heteroatoms. The molecule has 0 aliphatic carbocycles. The van der Waals surface area contributed by atoms with Crippen LogP contribution in [0.15, 0.2) is 24.3 Å². The summed E-state index contributed by atoms with van der Waals surface area (Å²) < 4.78 is 35.1. The van der Waals surface area contributed by atoms with Crippen molar-refractivity contribution in [1.82, 2.24) is 0 Å². The van der Waals surface area contributed by atoms with Crippen molar-refractivity contribution in [2.24, 2.45) is 0 Å². The quantitative estimate of drug-likeness (QED) is 0.0215. The zero-order chi connectivity index (χ0) is 42.7. The topological polar surface area (TPSA) is 91.3 Å². The standard InChI is InChI=1S/C49H96NO7P/c1-6-8-10-12-14-16-18-20-22-24-26-28-30-32-34-36-38-40-42-49(51)57-48(47-56-58(52,53)55-45-43-50(3,4)5)46-54-44-41-39-37-35-33-31-29-27-25-23-21-19-17-15-13-11-9-7-2/h21-24,48H,6-20,25-47H2,1-5H3/p+1/b23-21-,24-22-. The highest BCUT2D eigenvalue weighted by Crippen LogP contribution is 2.43. The Hall–Kier alpha value is -1.02. The van der Waals surface area contributed by atoms with E-state index in [4.69, 9.17) is 18.5 Å². The Morgan fingerprint density at radius 1 is 0.517 bits per heavy atom. The maximum Gasteiger partial charge on any atom is 0.472 e. The molecule has 2 atom stereocenters. The molecule has 0 spiro atoms. The van der Waals surface area contributed by atoms with E-state index in [-0.39, 0.29) is 25.8 Å². The summed E-state index contributed by atoms with van der Waals surface area (Å²) in [7, 11) is 1.67. The van der Waals surface area contributed by atoms with E-state index in [1.165, 1.54) is 173 Å². The van der Waals surface area contributed by atoms with Gasteiger partial charge in [-0.2, -0.15) is 0 Å². The van der Waals surface area contributed by atoms with Crippen LogP contribution >= 0.6 is 7.82 Å². The van der Waals surface area contributed by atoms with Gasteiger partial charge >= 0.3 is 13.8 Å². The van der Waals surface area contributed by atoms with Crippen LogP contribution in [0.1, 0.15) is 226 Å². The van der Waals surface area contributed by atoms with Gasteiger partial charge in [-0.1, -0.05) is 179 Å². The molecular formula is C49H97NO7P+. The minimum atomic E-state index is -4.28. The number of ether oxygens (including phenoxy) is 2. The highest BCUT2D eigenvalue weighted by atomic mass is 31.2. The molecule has 0 aromatic carbocycles. The minimum absolute atomic E-state index is 0.0886. The third-order valence-corrected chi connectivity index (χ3v) is 11.7. The van der Waals surface area contributed by atoms with Gasteiger partial charge in [0, 0.05) is 13.0 Å². The van der Waals surface area contributed by atoms with Crippen LogP contribution in [-0.2, 0) is 27.9 Å². The molecule has 0 aliphatic heterocycles. The van der Waals surface area contributed by atoms with E-state index < -0.39 is 13.9 Å². The largest absolute Gasteiger partial charge is 0.472 e. The van der Waals surface area contributed by atoms with Gasteiger partial charge in [0.2, 0.25) is 0 Å². The third-order valence-electron chi connectivity index (χ3n) is 10.7. The number of phosphoric acid groups is 1. The van der Waals surface area contributed by atoms with Gasteiger partial charge in [0.15, 0.2) is 0 Å². The Morgan fingerprint density at radius 3 is 1.31 bits per heavy atom. The summed E-state index contributed by atoms with van der Waals surface area (Å²) >= 11 is 0. The molecule has 0 radical (unpaired) electrons. The summed E-state index contributed by atoms with van der Waals surface area (Å²) in [5.41, 5.74) is 0. The Bertz CT molecular complexity index is 983. The van der Waals surface area contributed by atoms with Crippen molar-refractivity contribution in [2.45, 2.75) is 232 Å². The molecule has 0 saturated carbocycles. The van der Waals surface area contributed by atoms with Crippen molar-refractivity contribution >= 4 is 13.8 Å². The molecule has 0 saturated heterocycles. The molecule has 8 nitrogen and oxygen atoms in total. The lowest BCUT2D eigenvalue weighted by Crippen LogP contribution is -2.37. The Kier molecular flexibility index (Phi) is 41.9. The molecule has 0 bridgehead atoms. The molecule has 1 N–H and O–H groups in total. The molecule has 0 fully saturated rings. The Morgan fingerprint density at radius 2 is 0.897 bits per heavy atom. The van der Waals surface area contributed by atoms with Crippen molar-refractivity contribution in [3.05, 3.63) is 24.3 Å². The van der Waals surface area contributed by atoms with Crippen molar-refractivity contribution in [3.8, 4) is 0 Å². The maximum atomic E-state index is 12.7. The lowest BCUT2D eigenvalue weighted by Gasteiger charge is -2.24. The zero-order valence-electron chi connectivity index (χ0n) is 39.0. The monoisotopic (exact) mass is 843 g/mol. The van der Waals surface area contributed by atoms with Gasteiger partial charge in [-0.25, -0.2) is 4.57 Å². The molecular weight excluding hydrogens is 746 g/mol. The van der Waals surface area contributed by atoms with Crippen LogP contribution in [0, 0.1) is 0 Å². The summed E-state index contributed by atoms with van der Waals surface area (Å²) in [6, 6.07) is 0. The second-order valence-corrected chi connectivity index (χ2v) is 19.3. The number of hydrogen-bond donors (Lipinski definition) is 1. The van der Waals surface area contributed by atoms with Crippen molar-refractivity contribution in [2.75, 3.05) is 54.1 Å². The Labute approximate surface area is 360 Å². The zero-order valence-corrected chi connectivity index (χ0v) is 39.9. The first kappa shape index (κ1) is 57.0. The van der Waals surface area contributed by atoms with Gasteiger partial charge in [0.25, 0.3) is 0 Å². The lowest BCUT2D eigenvalue weighted by molar-refractivity contribution is -0.870. The molecule has 0 heterocycles. The number of carbonyl (C=O) groups excluding carboxylic acids is 1. The molecule has 0 rings (SSSR count). The fourth-order valence-corrected chi connectivity index (χ4v) is 7.64. The predicted molar refractivity (Wildman–Crippen MR) is 247 cm³/mol. The third kappa shape index (κ3) is 46.1. The van der Waals surface area contributed by atoms with Gasteiger partial charge in [-0.15, -0.1) is 0 Å². The smallest absolute Gasteiger partial charge is 0.457 e. The SMILES string of the molecule is CCCCCCCC/C=C\CCCCCCCCCCOCC(COP(=O)(O)OCC[N+](C)(C)C)OC(=O)CCCCCCCCC/C=C\CCCCCCCCC. The van der Waals surface area contributed by atoms with Crippen LogP contribution < -0.4 is 0 Å². The summed E-state index contributed by atoms with van der Waals surface area (Å²) in [4.78, 5) is 23.0. The highest BCUT2D eigenvalue weighted by molar-refractivity contribution is 7.47. The number of hydrogen-bond acceptors (Lipinski definition) is 6. The fourth-order valence-electron chi connectivity index (χ4n) is 6.90. The molecule has 2 unspecified atom stereocenters. The van der Waals surface area contributed by atoms with E-state index in [1.807, 2.05) is 21.1 Å². The van der Waals surface area contributed by atoms with E-state index >= 15 is 0 Å². The van der Waals surface area contributed by atoms with Gasteiger partial charge in [-0.05, 0) is 64.2 Å². The summed E-state index contributed by atoms with van der Waals surface area (Å²) in [6.07, 6.45) is 49.3. The average Bonchev–Trinajstić information content (AvgIpc) is 3.18. The average molecular weight is 843 g/mol. The second kappa shape index (κ2) is 42.7. The first-order valence-corrected chi connectivity index (χ1v) is 26.1. The summed E-state index contributed by atoms with van der Waals surface area (Å²) in [5, 5.41) is 0. The van der Waals surface area contributed by atoms with Crippen molar-refractivity contribution < 1.29 is 37.3 Å². The highest BCUT2D eigenvalue weighted by Gasteiger charge is 2.26. The number of rotatable bonds is 46. The number of esters is 1. The minimum Gasteiger partial charge on any atom is -0.457 e. The number of unbranched alkanes of at least 4 members (excludes halogenated alkanes) is 28. The van der Waals surface area contributed by atoms with Crippen LogP contribution in [0.25, 0.3) is 0 Å². The first-order valence-electron chi connectivity index (χ1n) is 24.6. The number of nitrogens with zero attached hydrogens (tertiary/aromatic N) is 1. The Balaban J connectivity index is 4.17. The predicted octanol–water partition coefficient (Wildman–Crippen LogP) is 14.8. The number of allylic oxidation sites excluding steroid dienone is 4. The van der Waals surface area contributed by atoms with Crippen LogP contribution in [0.5, 0.6) is 0 Å². The van der Waals surface area contributed by atoms with Gasteiger partial charge in [0.1, 0.15) is 19.3 Å². The fraction of sp³-hybridized carbons (Fsp3) is 0.898. The molecule has 0 aromatic rings. The van der Waals surface area contributed by atoms with Crippen LogP contribution in [0.4, 0.5) is 0 Å². The molecule has 58 heavy (non-hydrogen) atoms. The van der Waals surface area contributed by atoms with E-state index in [1.54, 1.807) is 0 Å². The van der Waals surface area contributed by atoms with Crippen LogP contribution in [-0.4, -0.2) is 75.6 Å². The molecule has 0 aromatic heterocycles. The van der Waals surface area contributed by atoms with Gasteiger partial charge < -0.3 is 18.9 Å². The maximum absolute atomic E-state index is 12.7. The van der Waals surface area contributed by atoms with E-state index in [0.29, 0.717) is 24.1 Å². The lowest BCUT2D eigenvalue weighted by atomic mass is 10.1. The number of likely N-dealkylation sites (N-methyl/N-ethyl adjacent to an activating group) is 1. The van der Waals surface area contributed by atoms with E-state index in [0.717, 1.165) is 32.1 Å². The number of phosphoric ester groups is 1. The number of carbonyl (C=O) groups is 1.